The van der Waals surface area contributed by atoms with Crippen LogP contribution in [0, 0.1) is 154 Å². The highest BCUT2D eigenvalue weighted by molar-refractivity contribution is 6.16. The van der Waals surface area contributed by atoms with Crippen LogP contribution >= 0.6 is 0 Å². The lowest BCUT2D eigenvalue weighted by atomic mass is 9.94. The topological polar surface area (TPSA) is 107 Å². The molecule has 0 aliphatic heterocycles. The number of hydrogen-bond acceptors (Lipinski definition) is 5. The molecule has 0 aliphatic rings. The number of rotatable bonds is 13. The number of benzene rings is 10. The van der Waals surface area contributed by atoms with E-state index in [-0.39, 0.29) is 109 Å². The molecule has 0 saturated heterocycles. The van der Waals surface area contributed by atoms with Crippen LogP contribution in [0.15, 0.2) is 204 Å². The van der Waals surface area contributed by atoms with Gasteiger partial charge in [-0.15, -0.1) is 0 Å². The highest BCUT2D eigenvalue weighted by atomic mass is 16.3. The van der Waals surface area contributed by atoms with Gasteiger partial charge in [-0.1, -0.05) is 166 Å². The van der Waals surface area contributed by atoms with Crippen molar-refractivity contribution in [2.75, 3.05) is 0 Å². The average molecular weight is 1920 g/mol. The fourth-order valence-electron chi connectivity index (χ4n) is 18.9. The minimum Gasteiger partial charge on any atom is -0.456 e. The zero-order valence-electron chi connectivity index (χ0n) is 112. The number of hydrogen-bond donors (Lipinski definition) is 0. The number of aromatic nitrogens is 5. The Hall–Kier alpha value is -15.6. The van der Waals surface area contributed by atoms with Crippen LogP contribution in [0.1, 0.15) is 230 Å². The molecule has 0 spiro atoms. The van der Waals surface area contributed by atoms with Gasteiger partial charge in [0.15, 0.2) is 56.9 Å². The molecule has 10 aromatic heterocycles. The quantitative estimate of drug-likeness (QED) is 0.0844. The first kappa shape index (κ1) is 70.9. The third-order valence-corrected chi connectivity index (χ3v) is 26.6. The van der Waals surface area contributed by atoms with Crippen LogP contribution in [0.5, 0.6) is 0 Å². The van der Waals surface area contributed by atoms with E-state index in [0.717, 1.165) is 117 Å². The summed E-state index contributed by atoms with van der Waals surface area (Å²) in [5.41, 5.74) is 24.3. The normalized spacial score (nSPS) is 15.8. The second-order valence-corrected chi connectivity index (χ2v) is 37.9. The lowest BCUT2D eigenvalue weighted by molar-refractivity contribution is -0.666. The SMILES string of the molecule is [2H]C([2H])([2H])c1cc([N+]#[C-])cc2oc3c(-c4cc(C([2H])([2H])C(C)C)cc(C)[n+]4C)c(C)ccc3c12.[2H]C([2H])(c1cc(C)[n+](C)c(-c2c(C)ccc3c2oc2c(C)c([N+]#[C-])ccc23)c1)C(C)C.[2H]C([2H])(c1cc(C)[n+](C)c(-c2c(C)ccc3c2oc2cc([N+]#[C-])c(C)cc23)c1)C(C)C.[2H]c1c(C([2H])(C)C([2H])([2H])[2H])c([2H])c(-c2c(C)cc(C([2H])([2H])[2H])c3c2oc2cc([N+]#[C-])ccc23)[n+](C)c1C.[2H]c1c(C([2H])(C)C([2H])([2H])[2H])c([2H])c(-c2c(C)ccc3c2oc2cc([N+]#[C-])cc(C([2H])([2H])[2H])c23)[n+](C)c1C. The smallest absolute Gasteiger partial charge is 0.216 e. The molecule has 0 aliphatic carbocycles. The molecule has 0 fully saturated rings. The van der Waals surface area contributed by atoms with Gasteiger partial charge in [0.1, 0.15) is 91.1 Å². The average Bonchev–Trinajstić information content (AvgIpc) is 1.44. The fourth-order valence-corrected chi connectivity index (χ4v) is 18.9. The van der Waals surface area contributed by atoms with Crippen LogP contribution in [0.3, 0.4) is 0 Å². The Bertz CT molecular complexity index is 10200. The predicted octanol–water partition coefficient (Wildman–Crippen LogP) is 33.6. The summed E-state index contributed by atoms with van der Waals surface area (Å²) in [6.45, 7) is 60.2. The molecule has 20 aromatic rings. The molecule has 15 heteroatoms. The van der Waals surface area contributed by atoms with Crippen molar-refractivity contribution in [1.82, 2.24) is 0 Å². The standard InChI is InChI=1S/3C26H27N2O.2C25H25N2O/c1-15(2)10-19-12-18(5)28(7)22(13-19)25-16(3)8-9-21-24-17(4)11-20(27-6)14-23(24)29-26(21)25;1-15(2)10-19-12-18(5)28(7)23(13-19)25-16(3)8-9-20-21-11-17(4)22(27-6)14-24(21)29-26(20)25;1-15(2)12-19-13-17(4)28(7)23(14-19)24-16(3)8-9-21-20-10-11-22(27-6)18(5)25(20)29-26(21)24;1-14(2)18-11-17(5)27(7)21(12-18)24-16(4)10-15(3)23-20-9-8-19(26-6)13-22(20)28-25(23)24;1-14(2)18-11-17(5)27(7)21(12-18)24-15(3)8-9-20-23-16(4)10-19(26-6)13-22(23)28-25(20)24/h2*8-9,11-15H,10H2,1-5,7H3;8-11,13-15H,12H2,1-5,7H3;2*8-14H,1-5,7H3/q5*+1/i4D3,10D2;10D2;12D2;1D3,3D3,11D,12D,14D;1D3,4D3,11D,12D,14D. The van der Waals surface area contributed by atoms with Gasteiger partial charge < -0.3 is 22.1 Å². The zero-order chi connectivity index (χ0) is 126. The van der Waals surface area contributed by atoms with Gasteiger partial charge in [0.05, 0.1) is 66.2 Å². The second kappa shape index (κ2) is 40.2. The van der Waals surface area contributed by atoms with E-state index in [4.69, 9.17) is 92.0 Å². The van der Waals surface area contributed by atoms with Gasteiger partial charge >= 0.3 is 0 Å². The van der Waals surface area contributed by atoms with Gasteiger partial charge in [-0.05, 0) is 225 Å². The summed E-state index contributed by atoms with van der Waals surface area (Å²) in [7, 11) is 9.20. The Morgan fingerprint density at radius 3 is 1.06 bits per heavy atom. The van der Waals surface area contributed by atoms with Gasteiger partial charge in [-0.2, -0.15) is 22.8 Å². The number of aryl methyl sites for hydroxylation is 13. The van der Waals surface area contributed by atoms with Crippen LogP contribution < -0.4 is 22.8 Å². The summed E-state index contributed by atoms with van der Waals surface area (Å²) in [5, 5.41) is 6.75. The maximum Gasteiger partial charge on any atom is 0.216 e. The first-order valence-corrected chi connectivity index (χ1v) is 47.1. The largest absolute Gasteiger partial charge is 0.456 e. The lowest BCUT2D eigenvalue weighted by Crippen LogP contribution is -2.35. The molecule has 0 amide bonds. The maximum atomic E-state index is 9.04. The molecule has 10 heterocycles. The van der Waals surface area contributed by atoms with Crippen LogP contribution in [0.2, 0.25) is 0 Å². The first-order valence-electron chi connectivity index (χ1n) is 60.6. The number of fused-ring (bicyclic) bond motifs is 15. The zero-order valence-corrected chi connectivity index (χ0v) is 85.3. The van der Waals surface area contributed by atoms with E-state index in [1.807, 2.05) is 182 Å². The van der Waals surface area contributed by atoms with Crippen molar-refractivity contribution in [3.63, 3.8) is 0 Å². The number of pyridine rings is 5. The molecule has 2 atom stereocenters. The van der Waals surface area contributed by atoms with Crippen molar-refractivity contribution in [2.24, 2.45) is 53.0 Å². The van der Waals surface area contributed by atoms with Gasteiger partial charge in [0, 0.05) is 181 Å². The van der Waals surface area contributed by atoms with Gasteiger partial charge in [0.25, 0.3) is 0 Å². The fraction of sp³-hybridized carbons (Fsp3) is 0.297. The van der Waals surface area contributed by atoms with Crippen LogP contribution in [-0.2, 0) is 54.4 Å². The lowest BCUT2D eigenvalue weighted by Gasteiger charge is -2.12. The monoisotopic (exact) mass is 1920 g/mol. The summed E-state index contributed by atoms with van der Waals surface area (Å²) in [6.07, 6.45) is -4.40. The molecule has 143 heavy (non-hydrogen) atoms. The van der Waals surface area contributed by atoms with E-state index in [0.29, 0.717) is 122 Å². The van der Waals surface area contributed by atoms with Crippen molar-refractivity contribution in [2.45, 2.75) is 204 Å². The molecule has 718 valence electrons. The highest BCUT2D eigenvalue weighted by Gasteiger charge is 2.32. The molecular formula is C128H131N10O5+5. The van der Waals surface area contributed by atoms with Crippen LogP contribution in [0.25, 0.3) is 190 Å². The van der Waals surface area contributed by atoms with E-state index in [9.17, 15) is 0 Å². The van der Waals surface area contributed by atoms with Crippen LogP contribution in [-0.4, -0.2) is 0 Å². The second-order valence-electron chi connectivity index (χ2n) is 37.9. The predicted molar refractivity (Wildman–Crippen MR) is 588 cm³/mol. The molecule has 10 aromatic carbocycles. The van der Waals surface area contributed by atoms with Crippen molar-refractivity contribution >= 4 is 138 Å². The summed E-state index contributed by atoms with van der Waals surface area (Å²) < 4.78 is 265. The number of nitrogens with zero attached hydrogens (tertiary/aromatic N) is 10. The van der Waals surface area contributed by atoms with Crippen LogP contribution in [0.4, 0.5) is 28.4 Å². The molecule has 0 radical (unpaired) electrons. The molecular weight excluding hydrogens is 1760 g/mol. The van der Waals surface area contributed by atoms with E-state index in [2.05, 4.69) is 71.5 Å². The summed E-state index contributed by atoms with van der Waals surface area (Å²) in [4.78, 5) is 17.5. The third-order valence-electron chi connectivity index (χ3n) is 26.6. The Morgan fingerprint density at radius 2 is 0.643 bits per heavy atom. The Kier molecular flexibility index (Phi) is 19.9. The molecule has 20 rings (SSSR count). The van der Waals surface area contributed by atoms with Crippen molar-refractivity contribution in [3.05, 3.63) is 351 Å². The van der Waals surface area contributed by atoms with Crippen molar-refractivity contribution in [3.8, 4) is 56.3 Å². The maximum absolute atomic E-state index is 9.04. The van der Waals surface area contributed by atoms with Gasteiger partial charge in [-0.3, -0.25) is 0 Å². The number of furan rings is 5. The molecule has 0 bridgehead atoms. The Labute approximate surface area is 880 Å². The minimum atomic E-state index is -2.81. The molecule has 15 nitrogen and oxygen atoms in total. The van der Waals surface area contributed by atoms with Crippen molar-refractivity contribution < 1.29 is 81.9 Å². The van der Waals surface area contributed by atoms with E-state index in [1.165, 1.54) is 44.2 Å². The van der Waals surface area contributed by atoms with Crippen molar-refractivity contribution in [1.29, 1.82) is 0 Å². The van der Waals surface area contributed by atoms with Gasteiger partial charge in [0.2, 0.25) is 28.5 Å². The molecule has 2 unspecified atom stereocenters. The summed E-state index contributed by atoms with van der Waals surface area (Å²) >= 11 is 0. The third kappa shape index (κ3) is 19.1. The summed E-state index contributed by atoms with van der Waals surface area (Å²) in [6, 6.07) is 45.7. The Morgan fingerprint density at radius 1 is 0.294 bits per heavy atom. The van der Waals surface area contributed by atoms with E-state index in [1.54, 1.807) is 81.3 Å². The molecule has 0 N–H and O–H groups in total. The first-order chi connectivity index (χ1) is 78.8. The van der Waals surface area contributed by atoms with E-state index < -0.39 is 65.2 Å². The van der Waals surface area contributed by atoms with Gasteiger partial charge in [-0.25, -0.2) is 24.2 Å². The highest BCUT2D eigenvalue weighted by Crippen LogP contribution is 2.48. The van der Waals surface area contributed by atoms with E-state index >= 15 is 0 Å². The minimum absolute atomic E-state index is 0.0282. The Balaban J connectivity index is 0.000000148. The summed E-state index contributed by atoms with van der Waals surface area (Å²) in [5.74, 6) is -5.00. The molecule has 0 saturated carbocycles.